The highest BCUT2D eigenvalue weighted by atomic mass is 31.2. The number of allylic oxidation sites excluding steroid dienone is 3. The van der Waals surface area contributed by atoms with Crippen LogP contribution in [0.3, 0.4) is 0 Å². The monoisotopic (exact) mass is 370 g/mol. The number of nitrogens with zero attached hydrogens (tertiary/aromatic N) is 2. The maximum absolute atomic E-state index is 14.3. The van der Waals surface area contributed by atoms with Crippen molar-refractivity contribution in [2.75, 3.05) is 26.2 Å². The molecule has 0 aromatic heterocycles. The summed E-state index contributed by atoms with van der Waals surface area (Å²) < 4.78 is 32.7. The average molecular weight is 370 g/mol. The van der Waals surface area contributed by atoms with Crippen molar-refractivity contribution in [2.24, 2.45) is 5.92 Å². The Hall–Kier alpha value is -0.140. The Labute approximate surface area is 147 Å². The molecular formula is C18H32N2O2P2. The van der Waals surface area contributed by atoms with Gasteiger partial charge in [-0.2, -0.15) is 0 Å². The molecule has 24 heavy (non-hydrogen) atoms. The van der Waals surface area contributed by atoms with Crippen LogP contribution in [0.2, 0.25) is 0 Å². The molecule has 136 valence electrons. The standard InChI is InChI=1S/C18H32N2O2P2/c1-7-19(8-2)23(21)12-14(6)16-17-13(5)11-15(18(16)23)24(17,22)20(9-3)10-4/h11-12,15-18H,7-10H2,1-6H3/t15-,16+,17-,18+,23+,24+/m1/s1. The molecule has 1 saturated heterocycles. The quantitative estimate of drug-likeness (QED) is 0.496. The Kier molecular flexibility index (Phi) is 4.84. The summed E-state index contributed by atoms with van der Waals surface area (Å²) >= 11 is 0. The lowest BCUT2D eigenvalue weighted by Crippen LogP contribution is -2.33. The largest absolute Gasteiger partial charge is 0.305 e. The molecule has 0 aromatic carbocycles. The first-order valence-electron chi connectivity index (χ1n) is 9.38. The molecule has 0 spiro atoms. The zero-order chi connectivity index (χ0) is 17.9. The highest BCUT2D eigenvalue weighted by Crippen LogP contribution is 2.83. The molecule has 3 aliphatic heterocycles. The van der Waals surface area contributed by atoms with E-state index in [9.17, 15) is 9.13 Å². The van der Waals surface area contributed by atoms with Gasteiger partial charge >= 0.3 is 0 Å². The van der Waals surface area contributed by atoms with Crippen LogP contribution in [0.5, 0.6) is 0 Å². The van der Waals surface area contributed by atoms with E-state index in [4.69, 9.17) is 0 Å². The molecule has 3 rings (SSSR count). The maximum atomic E-state index is 14.3. The van der Waals surface area contributed by atoms with Gasteiger partial charge in [-0.25, -0.2) is 0 Å². The van der Waals surface area contributed by atoms with E-state index in [-0.39, 0.29) is 22.9 Å². The van der Waals surface area contributed by atoms with Crippen LogP contribution in [-0.4, -0.2) is 52.5 Å². The maximum Gasteiger partial charge on any atom is 0.176 e. The first-order valence-corrected chi connectivity index (χ1v) is 13.0. The van der Waals surface area contributed by atoms with Crippen LogP contribution in [-0.2, 0) is 9.13 Å². The second kappa shape index (κ2) is 6.23. The summed E-state index contributed by atoms with van der Waals surface area (Å²) in [6, 6.07) is 0. The van der Waals surface area contributed by atoms with Crippen LogP contribution in [0.1, 0.15) is 41.5 Å². The summed E-state index contributed by atoms with van der Waals surface area (Å²) in [5, 5.41) is 0. The lowest BCUT2D eigenvalue weighted by Gasteiger charge is -2.35. The Bertz CT molecular complexity index is 677. The number of fused-ring (bicyclic) bond motifs is 5. The summed E-state index contributed by atoms with van der Waals surface area (Å²) in [5.74, 6) is 2.27. The van der Waals surface area contributed by atoms with E-state index in [2.05, 4.69) is 62.8 Å². The third-order valence-corrected chi connectivity index (χ3v) is 14.7. The van der Waals surface area contributed by atoms with E-state index in [0.717, 1.165) is 26.2 Å². The summed E-state index contributed by atoms with van der Waals surface area (Å²) in [7, 11) is -5.18. The summed E-state index contributed by atoms with van der Waals surface area (Å²) in [4.78, 5) is 0. The lowest BCUT2D eigenvalue weighted by molar-refractivity contribution is 0.432. The van der Waals surface area contributed by atoms with Gasteiger partial charge in [-0.15, -0.1) is 0 Å². The van der Waals surface area contributed by atoms with Crippen molar-refractivity contribution in [1.82, 2.24) is 9.34 Å². The molecule has 0 unspecified atom stereocenters. The van der Waals surface area contributed by atoms with E-state index in [1.807, 2.05) is 0 Å². The Morgan fingerprint density at radius 1 is 0.917 bits per heavy atom. The zero-order valence-electron chi connectivity index (χ0n) is 15.9. The van der Waals surface area contributed by atoms with Crippen molar-refractivity contribution in [2.45, 2.75) is 58.5 Å². The van der Waals surface area contributed by atoms with Crippen molar-refractivity contribution in [3.63, 3.8) is 0 Å². The lowest BCUT2D eigenvalue weighted by atomic mass is 9.85. The van der Waals surface area contributed by atoms with Gasteiger partial charge in [0.15, 0.2) is 14.6 Å². The van der Waals surface area contributed by atoms with E-state index < -0.39 is 14.6 Å². The van der Waals surface area contributed by atoms with Crippen LogP contribution in [0.4, 0.5) is 0 Å². The van der Waals surface area contributed by atoms with Gasteiger partial charge in [-0.05, 0) is 19.7 Å². The van der Waals surface area contributed by atoms with Crippen LogP contribution in [0.15, 0.2) is 23.0 Å². The molecule has 0 radical (unpaired) electrons. The fourth-order valence-corrected chi connectivity index (χ4v) is 15.2. The van der Waals surface area contributed by atoms with Crippen LogP contribution >= 0.6 is 14.6 Å². The number of hydrogen-bond donors (Lipinski definition) is 0. The van der Waals surface area contributed by atoms with Crippen LogP contribution < -0.4 is 0 Å². The first kappa shape index (κ1) is 18.6. The van der Waals surface area contributed by atoms with Gasteiger partial charge in [0, 0.05) is 32.1 Å². The fourth-order valence-electron chi connectivity index (χ4n) is 5.58. The highest BCUT2D eigenvalue weighted by Gasteiger charge is 2.69. The Morgan fingerprint density at radius 2 is 1.46 bits per heavy atom. The predicted molar refractivity (Wildman–Crippen MR) is 103 cm³/mol. The molecule has 1 fully saturated rings. The van der Waals surface area contributed by atoms with Crippen molar-refractivity contribution in [1.29, 1.82) is 0 Å². The Morgan fingerprint density at radius 3 is 1.96 bits per heavy atom. The van der Waals surface area contributed by atoms with Gasteiger partial charge in [0.25, 0.3) is 0 Å². The van der Waals surface area contributed by atoms with Gasteiger partial charge in [-0.3, -0.25) is 9.34 Å². The predicted octanol–water partition coefficient (Wildman–Crippen LogP) is 4.84. The second-order valence-corrected chi connectivity index (χ2v) is 13.2. The minimum absolute atomic E-state index is 0.0255. The van der Waals surface area contributed by atoms with Gasteiger partial charge in [0.05, 0.1) is 17.0 Å². The van der Waals surface area contributed by atoms with Gasteiger partial charge in [-0.1, -0.05) is 44.9 Å². The fraction of sp³-hybridized carbons (Fsp3) is 0.778. The van der Waals surface area contributed by atoms with E-state index >= 15 is 0 Å². The third kappa shape index (κ3) is 2.13. The SMILES string of the molecule is CCN(CC)[P@]1(=O)[C@@H]2C=C(C)[C@@H]1[C@@H]1C(C)=C[P@@](=O)(N(CC)CC)[C@H]12. The first-order chi connectivity index (χ1) is 11.3. The third-order valence-electron chi connectivity index (χ3n) is 6.47. The molecule has 0 amide bonds. The summed E-state index contributed by atoms with van der Waals surface area (Å²) in [6.07, 6.45) is 2.22. The molecular weight excluding hydrogens is 338 g/mol. The van der Waals surface area contributed by atoms with Gasteiger partial charge < -0.3 is 9.13 Å². The molecule has 6 atom stereocenters. The topological polar surface area (TPSA) is 40.6 Å². The van der Waals surface area contributed by atoms with E-state index in [0.29, 0.717) is 0 Å². The zero-order valence-corrected chi connectivity index (χ0v) is 17.7. The molecule has 6 heteroatoms. The average Bonchev–Trinajstić information content (AvgIpc) is 3.05. The molecule has 2 bridgehead atoms. The molecule has 3 heterocycles. The smallest absolute Gasteiger partial charge is 0.176 e. The van der Waals surface area contributed by atoms with Crippen molar-refractivity contribution >= 4 is 14.6 Å². The van der Waals surface area contributed by atoms with Crippen LogP contribution in [0, 0.1) is 5.92 Å². The van der Waals surface area contributed by atoms with E-state index in [1.165, 1.54) is 11.1 Å². The summed E-state index contributed by atoms with van der Waals surface area (Å²) in [6.45, 7) is 15.8. The van der Waals surface area contributed by atoms with Crippen molar-refractivity contribution in [3.05, 3.63) is 23.0 Å². The summed E-state index contributed by atoms with van der Waals surface area (Å²) in [5.41, 5.74) is 2.54. The minimum atomic E-state index is -2.62. The number of rotatable bonds is 6. The molecule has 0 aromatic rings. The van der Waals surface area contributed by atoms with Gasteiger partial charge in [0.2, 0.25) is 0 Å². The Balaban J connectivity index is 2.14. The molecule has 3 aliphatic rings. The van der Waals surface area contributed by atoms with Crippen LogP contribution in [0.25, 0.3) is 0 Å². The van der Waals surface area contributed by atoms with E-state index in [1.54, 1.807) is 0 Å². The number of hydrogen-bond acceptors (Lipinski definition) is 2. The molecule has 0 saturated carbocycles. The van der Waals surface area contributed by atoms with Gasteiger partial charge in [0.1, 0.15) is 0 Å². The molecule has 0 N–H and O–H groups in total. The molecule has 4 nitrogen and oxygen atoms in total. The normalized spacial score (nSPS) is 43.5. The molecule has 0 aliphatic carbocycles. The minimum Gasteiger partial charge on any atom is -0.305 e. The van der Waals surface area contributed by atoms with Crippen molar-refractivity contribution < 1.29 is 9.13 Å². The second-order valence-electron chi connectivity index (χ2n) is 7.36. The van der Waals surface area contributed by atoms with Crippen molar-refractivity contribution in [3.8, 4) is 0 Å². The highest BCUT2D eigenvalue weighted by molar-refractivity contribution is 7.70.